The molecule has 194 valence electrons. The number of aromatic nitrogens is 3. The highest BCUT2D eigenvalue weighted by Crippen LogP contribution is 2.24. The van der Waals surface area contributed by atoms with Crippen molar-refractivity contribution < 1.29 is 19.1 Å². The van der Waals surface area contributed by atoms with Crippen molar-refractivity contribution in [3.63, 3.8) is 0 Å². The van der Waals surface area contributed by atoms with Crippen LogP contribution in [0, 0.1) is 0 Å². The molecule has 0 saturated carbocycles. The third kappa shape index (κ3) is 6.96. The van der Waals surface area contributed by atoms with E-state index < -0.39 is 17.9 Å². The van der Waals surface area contributed by atoms with Crippen LogP contribution in [0.1, 0.15) is 73.4 Å². The number of carbonyl (C=O) groups excluding carboxylic acids is 3. The van der Waals surface area contributed by atoms with Crippen LogP contribution in [-0.4, -0.2) is 51.7 Å². The zero-order valence-electron chi connectivity index (χ0n) is 20.4. The van der Waals surface area contributed by atoms with Crippen molar-refractivity contribution in [2.24, 2.45) is 0 Å². The van der Waals surface area contributed by atoms with E-state index in [1.165, 1.54) is 6.07 Å². The van der Waals surface area contributed by atoms with Gasteiger partial charge in [-0.25, -0.2) is 0 Å². The number of fused-ring (bicyclic) bond motifs is 2. The lowest BCUT2D eigenvalue weighted by atomic mass is 10.1. The average molecular weight is 517 g/mol. The first kappa shape index (κ1) is 25.9. The fourth-order valence-corrected chi connectivity index (χ4v) is 4.63. The van der Waals surface area contributed by atoms with Gasteiger partial charge < -0.3 is 25.3 Å². The summed E-state index contributed by atoms with van der Waals surface area (Å²) in [5.41, 5.74) is 0.252. The van der Waals surface area contributed by atoms with Gasteiger partial charge in [0.25, 0.3) is 5.91 Å². The van der Waals surface area contributed by atoms with Gasteiger partial charge in [0.15, 0.2) is 5.82 Å². The maximum absolute atomic E-state index is 13.2. The molecule has 0 aliphatic carbocycles. The van der Waals surface area contributed by atoms with Crippen LogP contribution >= 0.6 is 11.6 Å². The van der Waals surface area contributed by atoms with E-state index in [1.54, 1.807) is 12.1 Å². The van der Waals surface area contributed by atoms with Crippen LogP contribution in [0.15, 0.2) is 18.2 Å². The first-order valence-electron chi connectivity index (χ1n) is 12.7. The molecule has 0 radical (unpaired) electrons. The number of halogens is 1. The van der Waals surface area contributed by atoms with E-state index in [0.29, 0.717) is 29.7 Å². The Morgan fingerprint density at radius 1 is 1.11 bits per heavy atom. The highest BCUT2D eigenvalue weighted by molar-refractivity contribution is 6.31. The molecule has 1 aromatic carbocycles. The summed E-state index contributed by atoms with van der Waals surface area (Å²) in [4.78, 5) is 38.7. The molecule has 0 bridgehead atoms. The largest absolute Gasteiger partial charge is 0.493 e. The second-order valence-electron chi connectivity index (χ2n) is 9.18. The Hall–Kier alpha value is -3.14. The fourth-order valence-electron chi connectivity index (χ4n) is 4.45. The molecule has 36 heavy (non-hydrogen) atoms. The molecular weight excluding hydrogens is 484 g/mol. The van der Waals surface area contributed by atoms with Gasteiger partial charge in [-0.2, -0.15) is 0 Å². The van der Waals surface area contributed by atoms with Crippen LogP contribution < -0.4 is 20.7 Å². The number of benzene rings is 1. The summed E-state index contributed by atoms with van der Waals surface area (Å²) in [6.45, 7) is 2.01. The zero-order valence-corrected chi connectivity index (χ0v) is 21.1. The molecule has 3 heterocycles. The molecular formula is C25H33ClN6O4. The van der Waals surface area contributed by atoms with Crippen LogP contribution in [0.3, 0.4) is 0 Å². The Morgan fingerprint density at radius 3 is 2.86 bits per heavy atom. The van der Waals surface area contributed by atoms with Gasteiger partial charge in [-0.15, -0.1) is 10.2 Å². The van der Waals surface area contributed by atoms with E-state index in [9.17, 15) is 14.4 Å². The Bertz CT molecular complexity index is 1090. The van der Waals surface area contributed by atoms with Crippen LogP contribution in [0.4, 0.5) is 0 Å². The number of ether oxygens (including phenoxy) is 1. The van der Waals surface area contributed by atoms with Crippen LogP contribution in [0.2, 0.25) is 5.02 Å². The number of aryl methyl sites for hydroxylation is 1. The number of nitrogens with zero attached hydrogens (tertiary/aromatic N) is 3. The molecule has 2 aliphatic heterocycles. The average Bonchev–Trinajstić information content (AvgIpc) is 3.09. The van der Waals surface area contributed by atoms with Crippen molar-refractivity contribution in [1.82, 2.24) is 30.7 Å². The third-order valence-corrected chi connectivity index (χ3v) is 6.71. The molecule has 4 rings (SSSR count). The second kappa shape index (κ2) is 12.7. The summed E-state index contributed by atoms with van der Waals surface area (Å²) >= 11 is 6.15. The SMILES string of the molecule is O=C1CC[C@@H](C(=O)NCc2nnc3n2CCCCC3)NC(=O)c2cc(Cl)ccc2OCCCCCN1. The van der Waals surface area contributed by atoms with E-state index in [0.717, 1.165) is 57.3 Å². The molecule has 0 unspecified atom stereocenters. The third-order valence-electron chi connectivity index (χ3n) is 6.48. The van der Waals surface area contributed by atoms with Gasteiger partial charge in [-0.05, 0) is 56.7 Å². The van der Waals surface area contributed by atoms with Gasteiger partial charge in [0.05, 0.1) is 18.7 Å². The number of amides is 3. The highest BCUT2D eigenvalue weighted by atomic mass is 35.5. The van der Waals surface area contributed by atoms with E-state index in [2.05, 4.69) is 30.7 Å². The molecule has 2 aliphatic rings. The molecule has 1 atom stereocenters. The number of rotatable bonds is 3. The number of carbonyl (C=O) groups is 3. The van der Waals surface area contributed by atoms with E-state index in [-0.39, 0.29) is 30.9 Å². The fraction of sp³-hybridized carbons (Fsp3) is 0.560. The molecule has 0 spiro atoms. The van der Waals surface area contributed by atoms with Gasteiger partial charge in [0, 0.05) is 31.0 Å². The van der Waals surface area contributed by atoms with Gasteiger partial charge in [-0.3, -0.25) is 14.4 Å². The molecule has 2 aromatic rings. The lowest BCUT2D eigenvalue weighted by molar-refractivity contribution is -0.124. The standard InChI is InChI=1S/C25H33ClN6O4/c26-17-8-10-20-18(15-17)24(34)29-19(9-11-23(33)27-12-4-2-6-14-36-20)25(35)28-16-22-31-30-21-7-3-1-5-13-32(21)22/h8,10,15,19H,1-7,9,11-14,16H2,(H,27,33)(H,28,35)(H,29,34)/t19-/m0/s1. The Balaban J connectivity index is 1.49. The molecule has 10 nitrogen and oxygen atoms in total. The lowest BCUT2D eigenvalue weighted by Gasteiger charge is -2.19. The number of hydrogen-bond donors (Lipinski definition) is 3. The first-order valence-corrected chi connectivity index (χ1v) is 13.1. The highest BCUT2D eigenvalue weighted by Gasteiger charge is 2.25. The minimum atomic E-state index is -0.924. The minimum Gasteiger partial charge on any atom is -0.493 e. The monoisotopic (exact) mass is 516 g/mol. The van der Waals surface area contributed by atoms with Crippen molar-refractivity contribution in [2.75, 3.05) is 13.2 Å². The first-order chi connectivity index (χ1) is 17.5. The van der Waals surface area contributed by atoms with Gasteiger partial charge in [0.2, 0.25) is 11.8 Å². The Kier molecular flexibility index (Phi) is 9.16. The second-order valence-corrected chi connectivity index (χ2v) is 9.61. The van der Waals surface area contributed by atoms with Gasteiger partial charge >= 0.3 is 0 Å². The summed E-state index contributed by atoms with van der Waals surface area (Å²) in [5.74, 6) is 0.997. The van der Waals surface area contributed by atoms with Crippen LogP contribution in [0.5, 0.6) is 5.75 Å². The zero-order chi connectivity index (χ0) is 25.3. The quantitative estimate of drug-likeness (QED) is 0.575. The smallest absolute Gasteiger partial charge is 0.255 e. The van der Waals surface area contributed by atoms with E-state index >= 15 is 0 Å². The lowest BCUT2D eigenvalue weighted by Crippen LogP contribution is -2.47. The maximum atomic E-state index is 13.2. The topological polar surface area (TPSA) is 127 Å². The van der Waals surface area contributed by atoms with Crippen molar-refractivity contribution in [3.8, 4) is 5.75 Å². The Morgan fingerprint density at radius 2 is 1.97 bits per heavy atom. The molecule has 11 heteroatoms. The predicted molar refractivity (Wildman–Crippen MR) is 134 cm³/mol. The summed E-state index contributed by atoms with van der Waals surface area (Å²) in [7, 11) is 0. The normalized spacial score (nSPS) is 19.8. The van der Waals surface area contributed by atoms with Crippen molar-refractivity contribution >= 4 is 29.3 Å². The number of nitrogens with one attached hydrogen (secondary N) is 3. The summed E-state index contributed by atoms with van der Waals surface area (Å²) in [5, 5.41) is 17.4. The van der Waals surface area contributed by atoms with Crippen LogP contribution in [0.25, 0.3) is 0 Å². The Labute approximate surface area is 215 Å². The van der Waals surface area contributed by atoms with Crippen LogP contribution in [-0.2, 0) is 29.1 Å². The molecule has 0 saturated heterocycles. The minimum absolute atomic E-state index is 0.109. The maximum Gasteiger partial charge on any atom is 0.255 e. The van der Waals surface area contributed by atoms with Crippen molar-refractivity contribution in [1.29, 1.82) is 0 Å². The molecule has 1 aromatic heterocycles. The number of hydrogen-bond acceptors (Lipinski definition) is 6. The summed E-state index contributed by atoms with van der Waals surface area (Å²) in [6.07, 6.45) is 6.89. The van der Waals surface area contributed by atoms with Gasteiger partial charge in [-0.1, -0.05) is 18.0 Å². The van der Waals surface area contributed by atoms with Crippen molar-refractivity contribution in [3.05, 3.63) is 40.4 Å². The van der Waals surface area contributed by atoms with E-state index in [1.807, 2.05) is 0 Å². The molecule has 0 fully saturated rings. The van der Waals surface area contributed by atoms with E-state index in [4.69, 9.17) is 16.3 Å². The van der Waals surface area contributed by atoms with Crippen molar-refractivity contribution in [2.45, 2.75) is 76.9 Å². The molecule has 3 N–H and O–H groups in total. The van der Waals surface area contributed by atoms with Gasteiger partial charge in [0.1, 0.15) is 17.6 Å². The predicted octanol–water partition coefficient (Wildman–Crippen LogP) is 2.53. The summed E-state index contributed by atoms with van der Waals surface area (Å²) < 4.78 is 7.90. The summed E-state index contributed by atoms with van der Waals surface area (Å²) in [6, 6.07) is 3.92. The molecule has 3 amide bonds.